The summed E-state index contributed by atoms with van der Waals surface area (Å²) in [5.74, 6) is 1.86. The van der Waals surface area contributed by atoms with Crippen molar-refractivity contribution in [1.29, 1.82) is 0 Å². The molecule has 0 radical (unpaired) electrons. The molecule has 0 atom stereocenters. The predicted octanol–water partition coefficient (Wildman–Crippen LogP) is 13.0. The summed E-state index contributed by atoms with van der Waals surface area (Å²) in [6, 6.07) is 94.3. The largest absolute Gasteiger partial charge is 0.309 e. The maximum atomic E-state index is 5.32. The normalized spacial score (nSPS) is 11.6. The van der Waals surface area contributed by atoms with Gasteiger partial charge in [0, 0.05) is 33.2 Å². The lowest BCUT2D eigenvalue weighted by atomic mass is 9.98. The Balaban J connectivity index is 1.13. The highest BCUT2D eigenvalue weighted by molar-refractivity contribution is 7.19. The average Bonchev–Trinajstić information content (AvgIpc) is 3.76. The Morgan fingerprint density at radius 2 is 0.783 bits per heavy atom. The van der Waals surface area contributed by atoms with Crippen LogP contribution in [0.15, 0.2) is 261 Å². The Morgan fingerprint density at radius 1 is 0.304 bits per heavy atom. The van der Waals surface area contributed by atoms with Crippen molar-refractivity contribution in [2.75, 3.05) is 0 Å². The zero-order valence-electron chi connectivity index (χ0n) is 38.1. The molecular weight excluding hydrogens is 853 g/mol. The van der Waals surface area contributed by atoms with Crippen molar-refractivity contribution in [2.45, 2.75) is 6.92 Å². The number of aromatic nitrogens is 4. The van der Waals surface area contributed by atoms with Crippen LogP contribution in [0, 0.1) is 6.92 Å². The van der Waals surface area contributed by atoms with E-state index in [1.165, 1.54) is 48.2 Å². The molecule has 0 aliphatic carbocycles. The topological polar surface area (TPSA) is 43.6 Å². The lowest BCUT2D eigenvalue weighted by Gasteiger charge is -2.34. The molecule has 0 unspecified atom stereocenters. The number of aryl methyl sites for hydroxylation is 1. The molecule has 0 N–H and O–H groups in total. The molecule has 2 aromatic heterocycles. The van der Waals surface area contributed by atoms with Crippen LogP contribution in [-0.4, -0.2) is 27.6 Å². The second-order valence-corrected chi connectivity index (χ2v) is 21.5. The molecule has 0 bridgehead atoms. The van der Waals surface area contributed by atoms with Gasteiger partial charge in [0.05, 0.1) is 11.0 Å². The number of benzene rings is 10. The molecule has 0 aliphatic heterocycles. The molecule has 0 amide bonds. The summed E-state index contributed by atoms with van der Waals surface area (Å²) in [7, 11) is -2.89. The lowest BCUT2D eigenvalue weighted by Crippen LogP contribution is -2.74. The summed E-state index contributed by atoms with van der Waals surface area (Å²) in [4.78, 5) is 15.7. The van der Waals surface area contributed by atoms with Gasteiger partial charge in [-0.3, -0.25) is 0 Å². The van der Waals surface area contributed by atoms with Crippen molar-refractivity contribution < 1.29 is 0 Å². The van der Waals surface area contributed by atoms with Crippen molar-refractivity contribution in [1.82, 2.24) is 19.5 Å². The molecule has 5 heteroatoms. The van der Waals surface area contributed by atoms with Gasteiger partial charge in [-0.2, -0.15) is 0 Å². The molecule has 4 nitrogen and oxygen atoms in total. The van der Waals surface area contributed by atoms with E-state index in [2.05, 4.69) is 236 Å². The van der Waals surface area contributed by atoms with Gasteiger partial charge < -0.3 is 4.57 Å². The first-order valence-corrected chi connectivity index (χ1v) is 25.5. The number of hydrogen-bond donors (Lipinski definition) is 0. The number of para-hydroxylation sites is 1. The van der Waals surface area contributed by atoms with E-state index in [1.807, 2.05) is 36.4 Å². The maximum Gasteiger partial charge on any atom is 0.179 e. The van der Waals surface area contributed by atoms with Crippen LogP contribution in [0.5, 0.6) is 0 Å². The van der Waals surface area contributed by atoms with Crippen LogP contribution in [0.3, 0.4) is 0 Å². The first kappa shape index (κ1) is 41.6. The third-order valence-electron chi connectivity index (χ3n) is 13.5. The Bertz CT molecular complexity index is 3610. The fourth-order valence-corrected chi connectivity index (χ4v) is 15.0. The first-order valence-electron chi connectivity index (χ1n) is 23.5. The van der Waals surface area contributed by atoms with Crippen molar-refractivity contribution >= 4 is 50.6 Å². The zero-order valence-corrected chi connectivity index (χ0v) is 39.1. The van der Waals surface area contributed by atoms with Gasteiger partial charge in [-0.1, -0.05) is 230 Å². The predicted molar refractivity (Wildman–Crippen MR) is 290 cm³/mol. The van der Waals surface area contributed by atoms with E-state index in [4.69, 9.17) is 15.0 Å². The van der Waals surface area contributed by atoms with Crippen molar-refractivity contribution in [3.8, 4) is 62.1 Å². The minimum Gasteiger partial charge on any atom is -0.309 e. The van der Waals surface area contributed by atoms with Crippen LogP contribution >= 0.6 is 0 Å². The molecule has 326 valence electrons. The van der Waals surface area contributed by atoms with Crippen molar-refractivity contribution in [3.63, 3.8) is 0 Å². The molecule has 0 aliphatic rings. The quantitative estimate of drug-likeness (QED) is 0.101. The summed E-state index contributed by atoms with van der Waals surface area (Å²) in [5.41, 5.74) is 11.9. The van der Waals surface area contributed by atoms with Gasteiger partial charge in [0.25, 0.3) is 0 Å². The van der Waals surface area contributed by atoms with Gasteiger partial charge in [0.15, 0.2) is 25.5 Å². The van der Waals surface area contributed by atoms with Gasteiger partial charge >= 0.3 is 0 Å². The number of hydrogen-bond acceptors (Lipinski definition) is 3. The molecular formula is C64H46N4Si. The SMILES string of the molecule is Cc1ccc(-c2ccc3c(c2)c2ccccc2n3-c2ccc(-c3nc(-c4ccccc4)nc(-c4ccccc4)n3)c(-c3cccc([Si](c4ccccc4)(c4ccccc4)c4ccccc4)c3)c2)cc1. The molecule has 0 fully saturated rings. The van der Waals surface area contributed by atoms with E-state index in [0.717, 1.165) is 44.5 Å². The van der Waals surface area contributed by atoms with Crippen LogP contribution in [0.1, 0.15) is 5.56 Å². The van der Waals surface area contributed by atoms with Crippen LogP contribution in [0.4, 0.5) is 0 Å². The summed E-state index contributed by atoms with van der Waals surface area (Å²) in [5, 5.41) is 7.66. The van der Waals surface area contributed by atoms with E-state index in [1.54, 1.807) is 0 Å². The second kappa shape index (κ2) is 17.8. The van der Waals surface area contributed by atoms with Gasteiger partial charge in [0.1, 0.15) is 0 Å². The van der Waals surface area contributed by atoms with Gasteiger partial charge in [-0.25, -0.2) is 15.0 Å². The Labute approximate surface area is 403 Å². The smallest absolute Gasteiger partial charge is 0.179 e. The summed E-state index contributed by atoms with van der Waals surface area (Å²) in [6.45, 7) is 2.13. The van der Waals surface area contributed by atoms with Crippen LogP contribution in [-0.2, 0) is 0 Å². The lowest BCUT2D eigenvalue weighted by molar-refractivity contribution is 1.07. The van der Waals surface area contributed by atoms with Crippen LogP contribution in [0.2, 0.25) is 0 Å². The molecule has 12 aromatic rings. The third-order valence-corrected chi connectivity index (χ3v) is 18.3. The molecule has 12 rings (SSSR count). The van der Waals surface area contributed by atoms with Gasteiger partial charge in [-0.05, 0) is 86.3 Å². The Hall–Kier alpha value is -8.77. The van der Waals surface area contributed by atoms with Gasteiger partial charge in [0.2, 0.25) is 0 Å². The average molecular weight is 899 g/mol. The zero-order chi connectivity index (χ0) is 46.2. The minimum atomic E-state index is -2.89. The van der Waals surface area contributed by atoms with Crippen LogP contribution < -0.4 is 20.7 Å². The number of rotatable bonds is 10. The van der Waals surface area contributed by atoms with Gasteiger partial charge in [-0.15, -0.1) is 0 Å². The highest BCUT2D eigenvalue weighted by Gasteiger charge is 2.41. The van der Waals surface area contributed by atoms with Crippen LogP contribution in [0.25, 0.3) is 83.9 Å². The third kappa shape index (κ3) is 7.56. The highest BCUT2D eigenvalue weighted by atomic mass is 28.3. The van der Waals surface area contributed by atoms with E-state index in [9.17, 15) is 0 Å². The molecule has 0 spiro atoms. The monoisotopic (exact) mass is 898 g/mol. The highest BCUT2D eigenvalue weighted by Crippen LogP contribution is 2.39. The minimum absolute atomic E-state index is 0.609. The standard InChI is InChI=1S/C64H46N4Si/c1-45-34-36-46(37-35-45)49-38-41-61-59(43-49)56-32-17-18-33-60(56)68(61)51-39-40-57(64-66-62(47-20-7-2-8-21-47)65-63(67-64)48-22-9-3-10-23-48)58(44-51)50-24-19-31-55(42-50)69(52-25-11-4-12-26-52,53-27-13-5-14-28-53)54-29-15-6-16-30-54/h2-44H,1H3. The summed E-state index contributed by atoms with van der Waals surface area (Å²) >= 11 is 0. The summed E-state index contributed by atoms with van der Waals surface area (Å²) < 4.78 is 2.41. The van der Waals surface area contributed by atoms with E-state index in [0.29, 0.717) is 17.5 Å². The van der Waals surface area contributed by atoms with E-state index < -0.39 is 8.07 Å². The summed E-state index contributed by atoms with van der Waals surface area (Å²) in [6.07, 6.45) is 0. The molecule has 0 saturated carbocycles. The Kier molecular flexibility index (Phi) is 10.7. The second-order valence-electron chi connectivity index (χ2n) is 17.6. The first-order chi connectivity index (χ1) is 34.1. The van der Waals surface area contributed by atoms with Crippen molar-refractivity contribution in [3.05, 3.63) is 266 Å². The fraction of sp³-hybridized carbons (Fsp3) is 0.0156. The number of nitrogens with zero attached hydrogens (tertiary/aromatic N) is 4. The van der Waals surface area contributed by atoms with E-state index >= 15 is 0 Å². The molecule has 2 heterocycles. The van der Waals surface area contributed by atoms with E-state index in [-0.39, 0.29) is 0 Å². The fourth-order valence-electron chi connectivity index (χ4n) is 10.2. The van der Waals surface area contributed by atoms with Crippen molar-refractivity contribution in [2.24, 2.45) is 0 Å². The molecule has 0 saturated heterocycles. The molecule has 10 aromatic carbocycles. The Morgan fingerprint density at radius 3 is 1.38 bits per heavy atom. The molecule has 69 heavy (non-hydrogen) atoms. The maximum absolute atomic E-state index is 5.32. The number of fused-ring (bicyclic) bond motifs is 3.